The molecule has 0 spiro atoms. The monoisotopic (exact) mass is 253 g/mol. The van der Waals surface area contributed by atoms with Gasteiger partial charge in [0.25, 0.3) is 0 Å². The van der Waals surface area contributed by atoms with E-state index in [9.17, 15) is 4.79 Å². The third-order valence-corrected chi connectivity index (χ3v) is 4.27. The lowest BCUT2D eigenvalue weighted by Gasteiger charge is -2.27. The fourth-order valence-corrected chi connectivity index (χ4v) is 3.14. The van der Waals surface area contributed by atoms with Crippen molar-refractivity contribution in [2.24, 2.45) is 0 Å². The number of amides is 1. The fourth-order valence-electron chi connectivity index (χ4n) is 3.14. The largest absolute Gasteiger partial charge is 0.342 e. The first kappa shape index (κ1) is 13.8. The minimum atomic E-state index is 0.288. The van der Waals surface area contributed by atoms with Gasteiger partial charge < -0.3 is 10.2 Å². The van der Waals surface area contributed by atoms with Gasteiger partial charge in [-0.25, -0.2) is 0 Å². The van der Waals surface area contributed by atoms with Gasteiger partial charge in [-0.15, -0.1) is 0 Å². The topological polar surface area (TPSA) is 35.6 Å². The molecule has 0 aromatic rings. The summed E-state index contributed by atoms with van der Waals surface area (Å²) in [6, 6.07) is 0.643. The Kier molecular flexibility index (Phi) is 5.45. The Morgan fingerprint density at radius 3 is 2.67 bits per heavy atom. The Morgan fingerprint density at radius 2 is 1.94 bits per heavy atom. The zero-order valence-electron chi connectivity index (χ0n) is 11.7. The van der Waals surface area contributed by atoms with Gasteiger partial charge in [-0.05, 0) is 45.2 Å². The number of rotatable bonds is 5. The number of carbonyl (C=O) groups is 1. The average Bonchev–Trinajstić information content (AvgIpc) is 2.87. The quantitative estimate of drug-likeness (QED) is 0.796. The smallest absolute Gasteiger partial charge is 0.236 e. The number of carbonyl (C=O) groups excluding carboxylic acids is 1. The Balaban J connectivity index is 1.63. The number of nitrogens with zero attached hydrogens (tertiary/aromatic N) is 2. The number of hydrogen-bond acceptors (Lipinski definition) is 3. The average molecular weight is 253 g/mol. The standard InChI is InChI=1S/C14H27N3O/c1-2-16-10-6-7-13(16)11-15-12-14(18)17-8-4-3-5-9-17/h13,15H,2-12H2,1H3. The second-order valence-corrected chi connectivity index (χ2v) is 5.50. The highest BCUT2D eigenvalue weighted by Crippen LogP contribution is 2.15. The van der Waals surface area contributed by atoms with Gasteiger partial charge in [0.05, 0.1) is 6.54 Å². The molecule has 2 fully saturated rings. The van der Waals surface area contributed by atoms with Crippen LogP contribution >= 0.6 is 0 Å². The van der Waals surface area contributed by atoms with Crippen molar-refractivity contribution < 1.29 is 4.79 Å². The van der Waals surface area contributed by atoms with Crippen LogP contribution in [0.3, 0.4) is 0 Å². The SMILES string of the molecule is CCN1CCCC1CNCC(=O)N1CCCCC1. The predicted molar refractivity (Wildman–Crippen MR) is 73.6 cm³/mol. The molecule has 0 bridgehead atoms. The maximum Gasteiger partial charge on any atom is 0.236 e. The molecule has 2 heterocycles. The zero-order chi connectivity index (χ0) is 12.8. The Bertz CT molecular complexity index is 264. The molecule has 0 aromatic heterocycles. The highest BCUT2D eigenvalue weighted by molar-refractivity contribution is 5.78. The second-order valence-electron chi connectivity index (χ2n) is 5.50. The minimum Gasteiger partial charge on any atom is -0.342 e. The van der Waals surface area contributed by atoms with E-state index in [0.717, 1.165) is 26.2 Å². The van der Waals surface area contributed by atoms with Crippen LogP contribution in [0.4, 0.5) is 0 Å². The first-order valence-electron chi connectivity index (χ1n) is 7.54. The van der Waals surface area contributed by atoms with Crippen molar-refractivity contribution in [2.75, 3.05) is 39.3 Å². The molecule has 2 aliphatic rings. The van der Waals surface area contributed by atoms with Crippen LogP contribution < -0.4 is 5.32 Å². The van der Waals surface area contributed by atoms with Gasteiger partial charge in [0.15, 0.2) is 0 Å². The van der Waals surface area contributed by atoms with Crippen molar-refractivity contribution in [1.29, 1.82) is 0 Å². The van der Waals surface area contributed by atoms with Gasteiger partial charge in [0, 0.05) is 25.7 Å². The van der Waals surface area contributed by atoms with Crippen molar-refractivity contribution >= 4 is 5.91 Å². The molecule has 1 N–H and O–H groups in total. The molecule has 4 nitrogen and oxygen atoms in total. The van der Waals surface area contributed by atoms with E-state index >= 15 is 0 Å². The molecule has 18 heavy (non-hydrogen) atoms. The van der Waals surface area contributed by atoms with Crippen LogP contribution in [-0.2, 0) is 4.79 Å². The van der Waals surface area contributed by atoms with Crippen LogP contribution in [0.25, 0.3) is 0 Å². The first-order chi connectivity index (χ1) is 8.81. The summed E-state index contributed by atoms with van der Waals surface area (Å²) in [6.45, 7) is 7.99. The lowest BCUT2D eigenvalue weighted by Crippen LogP contribution is -2.44. The molecule has 104 valence electrons. The third kappa shape index (κ3) is 3.69. The number of likely N-dealkylation sites (N-methyl/N-ethyl adjacent to an activating group) is 1. The van der Waals surface area contributed by atoms with Gasteiger partial charge >= 0.3 is 0 Å². The summed E-state index contributed by atoms with van der Waals surface area (Å²) >= 11 is 0. The Labute approximate surface area is 111 Å². The molecular weight excluding hydrogens is 226 g/mol. The maximum atomic E-state index is 12.0. The maximum absolute atomic E-state index is 12.0. The molecule has 2 aliphatic heterocycles. The first-order valence-corrected chi connectivity index (χ1v) is 7.54. The van der Waals surface area contributed by atoms with Gasteiger partial charge in [0.1, 0.15) is 0 Å². The van der Waals surface area contributed by atoms with Crippen LogP contribution in [-0.4, -0.2) is 61.0 Å². The van der Waals surface area contributed by atoms with E-state index in [1.165, 1.54) is 38.6 Å². The number of nitrogens with one attached hydrogen (secondary N) is 1. The molecule has 0 aromatic carbocycles. The molecule has 0 radical (unpaired) electrons. The van der Waals surface area contributed by atoms with Gasteiger partial charge in [-0.2, -0.15) is 0 Å². The second kappa shape index (κ2) is 7.10. The van der Waals surface area contributed by atoms with Crippen molar-refractivity contribution in [1.82, 2.24) is 15.1 Å². The molecule has 0 saturated carbocycles. The Morgan fingerprint density at radius 1 is 1.17 bits per heavy atom. The van der Waals surface area contributed by atoms with Gasteiger partial charge in [-0.3, -0.25) is 9.69 Å². The van der Waals surface area contributed by atoms with Gasteiger partial charge in [-0.1, -0.05) is 6.92 Å². The van der Waals surface area contributed by atoms with E-state index in [1.807, 2.05) is 4.90 Å². The van der Waals surface area contributed by atoms with Crippen LogP contribution in [0.1, 0.15) is 39.0 Å². The summed E-state index contributed by atoms with van der Waals surface area (Å²) < 4.78 is 0. The molecule has 2 saturated heterocycles. The van der Waals surface area contributed by atoms with Crippen LogP contribution in [0.2, 0.25) is 0 Å². The van der Waals surface area contributed by atoms with Crippen molar-refractivity contribution in [3.63, 3.8) is 0 Å². The van der Waals surface area contributed by atoms with E-state index in [-0.39, 0.29) is 5.91 Å². The summed E-state index contributed by atoms with van der Waals surface area (Å²) in [5.41, 5.74) is 0. The minimum absolute atomic E-state index is 0.288. The van der Waals surface area contributed by atoms with Crippen LogP contribution in [0.15, 0.2) is 0 Å². The van der Waals surface area contributed by atoms with Crippen LogP contribution in [0, 0.1) is 0 Å². The van der Waals surface area contributed by atoms with Crippen LogP contribution in [0.5, 0.6) is 0 Å². The van der Waals surface area contributed by atoms with Crippen molar-refractivity contribution in [3.8, 4) is 0 Å². The summed E-state index contributed by atoms with van der Waals surface area (Å²) in [4.78, 5) is 16.5. The van der Waals surface area contributed by atoms with E-state index in [0.29, 0.717) is 12.6 Å². The molecule has 4 heteroatoms. The summed E-state index contributed by atoms with van der Waals surface area (Å²) in [5.74, 6) is 0.288. The number of likely N-dealkylation sites (tertiary alicyclic amines) is 2. The van der Waals surface area contributed by atoms with E-state index in [4.69, 9.17) is 0 Å². The summed E-state index contributed by atoms with van der Waals surface area (Å²) in [6.07, 6.45) is 6.22. The lowest BCUT2D eigenvalue weighted by atomic mass is 10.1. The number of hydrogen-bond donors (Lipinski definition) is 1. The third-order valence-electron chi connectivity index (χ3n) is 4.27. The van der Waals surface area contributed by atoms with E-state index < -0.39 is 0 Å². The highest BCUT2D eigenvalue weighted by atomic mass is 16.2. The normalized spacial score (nSPS) is 25.6. The summed E-state index contributed by atoms with van der Waals surface area (Å²) in [5, 5.41) is 3.36. The van der Waals surface area contributed by atoms with Crippen molar-refractivity contribution in [3.05, 3.63) is 0 Å². The molecule has 2 rings (SSSR count). The molecular formula is C14H27N3O. The molecule has 1 atom stereocenters. The zero-order valence-corrected chi connectivity index (χ0v) is 11.7. The molecule has 1 amide bonds. The lowest BCUT2D eigenvalue weighted by molar-refractivity contribution is -0.131. The Hall–Kier alpha value is -0.610. The predicted octanol–water partition coefficient (Wildman–Crippen LogP) is 1.07. The van der Waals surface area contributed by atoms with E-state index in [2.05, 4.69) is 17.1 Å². The molecule has 1 unspecified atom stereocenters. The van der Waals surface area contributed by atoms with Gasteiger partial charge in [0.2, 0.25) is 5.91 Å². The highest BCUT2D eigenvalue weighted by Gasteiger charge is 2.23. The fraction of sp³-hybridized carbons (Fsp3) is 0.929. The van der Waals surface area contributed by atoms with E-state index in [1.54, 1.807) is 0 Å². The molecule has 0 aliphatic carbocycles. The van der Waals surface area contributed by atoms with Crippen molar-refractivity contribution in [2.45, 2.75) is 45.1 Å². The number of piperidine rings is 1. The summed E-state index contributed by atoms with van der Waals surface area (Å²) in [7, 11) is 0.